The van der Waals surface area contributed by atoms with Crippen LogP contribution >= 0.6 is 23.8 Å². The number of carbonyl (C=O) groups excluding carboxylic acids is 2. The van der Waals surface area contributed by atoms with Crippen LogP contribution in [0.3, 0.4) is 0 Å². The number of carbonyl (C=O) groups is 2. The fourth-order valence-corrected chi connectivity index (χ4v) is 3.14. The molecule has 1 saturated heterocycles. The standard InChI is InChI=1S/C20H16ClFN2O3S/c1-11(2)27-17-7-6-12(9-16(17)21)8-15-18(25)23-20(28)24(19(15)26)14-5-3-4-13(22)10-14/h3-11H,1-2H3,(H,23,25,28)/b15-8-. The van der Waals surface area contributed by atoms with E-state index in [9.17, 15) is 14.0 Å². The van der Waals surface area contributed by atoms with Crippen molar-refractivity contribution < 1.29 is 18.7 Å². The molecule has 0 saturated carbocycles. The monoisotopic (exact) mass is 418 g/mol. The fraction of sp³-hybridized carbons (Fsp3) is 0.150. The Hall–Kier alpha value is -2.77. The zero-order chi connectivity index (χ0) is 20.4. The van der Waals surface area contributed by atoms with E-state index in [0.717, 1.165) is 11.0 Å². The van der Waals surface area contributed by atoms with E-state index in [-0.39, 0.29) is 22.5 Å². The summed E-state index contributed by atoms with van der Waals surface area (Å²) in [5.41, 5.74) is 0.609. The number of benzene rings is 2. The number of halogens is 2. The van der Waals surface area contributed by atoms with E-state index >= 15 is 0 Å². The minimum atomic E-state index is -0.655. The lowest BCUT2D eigenvalue weighted by molar-refractivity contribution is -0.122. The van der Waals surface area contributed by atoms with Gasteiger partial charge in [0.25, 0.3) is 11.8 Å². The summed E-state index contributed by atoms with van der Waals surface area (Å²) in [5, 5.41) is 2.69. The molecule has 0 spiro atoms. The van der Waals surface area contributed by atoms with Gasteiger partial charge < -0.3 is 4.74 Å². The van der Waals surface area contributed by atoms with Crippen molar-refractivity contribution in [2.45, 2.75) is 20.0 Å². The Balaban J connectivity index is 1.96. The minimum absolute atomic E-state index is 0.0479. The number of hydrogen-bond donors (Lipinski definition) is 1. The number of nitrogens with one attached hydrogen (secondary N) is 1. The first-order chi connectivity index (χ1) is 13.3. The Kier molecular flexibility index (Phi) is 5.76. The van der Waals surface area contributed by atoms with E-state index in [0.29, 0.717) is 16.3 Å². The van der Waals surface area contributed by atoms with Crippen LogP contribution in [0, 0.1) is 5.82 Å². The average molecular weight is 419 g/mol. The number of ether oxygens (including phenoxy) is 1. The highest BCUT2D eigenvalue weighted by Gasteiger charge is 2.34. The highest BCUT2D eigenvalue weighted by Crippen LogP contribution is 2.28. The van der Waals surface area contributed by atoms with Crippen molar-refractivity contribution in [1.29, 1.82) is 0 Å². The summed E-state index contributed by atoms with van der Waals surface area (Å²) in [5.74, 6) is -1.32. The van der Waals surface area contributed by atoms with Gasteiger partial charge in [-0.15, -0.1) is 0 Å². The molecule has 1 aliphatic heterocycles. The molecule has 2 aromatic carbocycles. The molecule has 0 radical (unpaired) electrons. The van der Waals surface area contributed by atoms with Crippen LogP contribution in [0.15, 0.2) is 48.0 Å². The molecule has 0 aliphatic carbocycles. The van der Waals surface area contributed by atoms with E-state index < -0.39 is 17.6 Å². The van der Waals surface area contributed by atoms with Gasteiger partial charge in [0.05, 0.1) is 16.8 Å². The molecule has 0 unspecified atom stereocenters. The summed E-state index contributed by atoms with van der Waals surface area (Å²) in [6.45, 7) is 3.75. The number of hydrogen-bond acceptors (Lipinski definition) is 4. The molecule has 8 heteroatoms. The quantitative estimate of drug-likeness (QED) is 0.461. The van der Waals surface area contributed by atoms with Crippen LogP contribution in [0.1, 0.15) is 19.4 Å². The van der Waals surface area contributed by atoms with Crippen LogP contribution in [-0.2, 0) is 9.59 Å². The Morgan fingerprint density at radius 2 is 1.96 bits per heavy atom. The third-order valence-electron chi connectivity index (χ3n) is 3.80. The zero-order valence-electron chi connectivity index (χ0n) is 15.0. The number of nitrogens with zero attached hydrogens (tertiary/aromatic N) is 1. The first-order valence-electron chi connectivity index (χ1n) is 8.39. The van der Waals surface area contributed by atoms with Crippen molar-refractivity contribution in [2.24, 2.45) is 0 Å². The van der Waals surface area contributed by atoms with Crippen molar-refractivity contribution >= 4 is 52.5 Å². The third kappa shape index (κ3) is 4.21. The lowest BCUT2D eigenvalue weighted by Crippen LogP contribution is -2.54. The van der Waals surface area contributed by atoms with Gasteiger partial charge in [-0.2, -0.15) is 0 Å². The molecule has 0 bridgehead atoms. The van der Waals surface area contributed by atoms with Crippen molar-refractivity contribution in [3.63, 3.8) is 0 Å². The lowest BCUT2D eigenvalue weighted by Gasteiger charge is -2.28. The predicted octanol–water partition coefficient (Wildman–Crippen LogP) is 4.10. The van der Waals surface area contributed by atoms with Crippen molar-refractivity contribution in [3.8, 4) is 5.75 Å². The largest absolute Gasteiger partial charge is 0.489 e. The van der Waals surface area contributed by atoms with Gasteiger partial charge in [-0.05, 0) is 68.0 Å². The molecule has 2 amide bonds. The number of amides is 2. The van der Waals surface area contributed by atoms with Gasteiger partial charge in [-0.1, -0.05) is 23.7 Å². The van der Waals surface area contributed by atoms with Crippen LogP contribution in [0.4, 0.5) is 10.1 Å². The molecule has 5 nitrogen and oxygen atoms in total. The molecule has 1 aliphatic rings. The maximum Gasteiger partial charge on any atom is 0.270 e. The van der Waals surface area contributed by atoms with E-state index in [1.807, 2.05) is 13.8 Å². The maximum atomic E-state index is 13.6. The van der Waals surface area contributed by atoms with Gasteiger partial charge in [0, 0.05) is 0 Å². The number of thiocarbonyl (C=S) groups is 1. The van der Waals surface area contributed by atoms with Crippen LogP contribution in [0.2, 0.25) is 5.02 Å². The fourth-order valence-electron chi connectivity index (χ4n) is 2.63. The molecular formula is C20H16ClFN2O3S. The molecule has 1 fully saturated rings. The van der Waals surface area contributed by atoms with E-state index in [2.05, 4.69) is 5.32 Å². The predicted molar refractivity (Wildman–Crippen MR) is 110 cm³/mol. The van der Waals surface area contributed by atoms with Gasteiger partial charge in [-0.3, -0.25) is 19.8 Å². The Morgan fingerprint density at radius 3 is 2.61 bits per heavy atom. The second-order valence-electron chi connectivity index (χ2n) is 6.29. The van der Waals surface area contributed by atoms with Crippen molar-refractivity contribution in [3.05, 3.63) is 64.4 Å². The Labute approximate surface area is 171 Å². The lowest BCUT2D eigenvalue weighted by atomic mass is 10.1. The minimum Gasteiger partial charge on any atom is -0.489 e. The molecule has 0 atom stereocenters. The maximum absolute atomic E-state index is 13.6. The summed E-state index contributed by atoms with van der Waals surface area (Å²) < 4.78 is 19.1. The van der Waals surface area contributed by atoms with Crippen molar-refractivity contribution in [1.82, 2.24) is 5.32 Å². The summed E-state index contributed by atoms with van der Waals surface area (Å²) in [7, 11) is 0. The molecule has 144 valence electrons. The summed E-state index contributed by atoms with van der Waals surface area (Å²) >= 11 is 11.3. The molecule has 3 rings (SSSR count). The number of anilines is 1. The highest BCUT2D eigenvalue weighted by atomic mass is 35.5. The second kappa shape index (κ2) is 8.08. The van der Waals surface area contributed by atoms with Crippen LogP contribution < -0.4 is 15.0 Å². The first kappa shape index (κ1) is 20.0. The van der Waals surface area contributed by atoms with Gasteiger partial charge in [-0.25, -0.2) is 4.39 Å². The third-order valence-corrected chi connectivity index (χ3v) is 4.38. The number of rotatable bonds is 4. The van der Waals surface area contributed by atoms with Crippen LogP contribution in [0.5, 0.6) is 5.75 Å². The zero-order valence-corrected chi connectivity index (χ0v) is 16.6. The summed E-state index contributed by atoms with van der Waals surface area (Å²) in [6.07, 6.45) is 1.35. The van der Waals surface area contributed by atoms with E-state index in [4.69, 9.17) is 28.6 Å². The van der Waals surface area contributed by atoms with Gasteiger partial charge in [0.2, 0.25) is 0 Å². The highest BCUT2D eigenvalue weighted by molar-refractivity contribution is 7.80. The van der Waals surface area contributed by atoms with Crippen LogP contribution in [0.25, 0.3) is 6.08 Å². The van der Waals surface area contributed by atoms with Gasteiger partial charge in [0.1, 0.15) is 17.1 Å². The van der Waals surface area contributed by atoms with E-state index in [1.165, 1.54) is 24.3 Å². The van der Waals surface area contributed by atoms with Gasteiger partial charge >= 0.3 is 0 Å². The molecular weight excluding hydrogens is 403 g/mol. The van der Waals surface area contributed by atoms with E-state index in [1.54, 1.807) is 18.2 Å². The van der Waals surface area contributed by atoms with Crippen molar-refractivity contribution in [2.75, 3.05) is 4.90 Å². The first-order valence-corrected chi connectivity index (χ1v) is 9.18. The van der Waals surface area contributed by atoms with Gasteiger partial charge in [0.15, 0.2) is 5.11 Å². The molecule has 28 heavy (non-hydrogen) atoms. The second-order valence-corrected chi connectivity index (χ2v) is 7.09. The summed E-state index contributed by atoms with van der Waals surface area (Å²) in [4.78, 5) is 26.3. The smallest absolute Gasteiger partial charge is 0.270 e. The SMILES string of the molecule is CC(C)Oc1ccc(/C=C2/C(=O)NC(=S)N(c3cccc(F)c3)C2=O)cc1Cl. The topological polar surface area (TPSA) is 58.6 Å². The van der Waals surface area contributed by atoms with Crippen LogP contribution in [-0.4, -0.2) is 23.0 Å². The summed E-state index contributed by atoms with van der Waals surface area (Å²) in [6, 6.07) is 10.3. The average Bonchev–Trinajstić information content (AvgIpc) is 2.60. The molecule has 0 aromatic heterocycles. The Bertz CT molecular complexity index is 1010. The Morgan fingerprint density at radius 1 is 1.21 bits per heavy atom. The molecule has 2 aromatic rings. The normalized spacial score (nSPS) is 16.0. The molecule has 1 heterocycles. The molecule has 1 N–H and O–H groups in total.